The second-order valence-corrected chi connectivity index (χ2v) is 8.56. The Balaban J connectivity index is 2.60. The number of aliphatic hydroxyl groups is 1. The van der Waals surface area contributed by atoms with Crippen LogP contribution < -0.4 is 10.8 Å². The van der Waals surface area contributed by atoms with Crippen molar-refractivity contribution >= 4 is 19.0 Å². The molecule has 6 heteroatoms. The van der Waals surface area contributed by atoms with E-state index in [-0.39, 0.29) is 5.92 Å². The molecule has 5 nitrogen and oxygen atoms in total. The van der Waals surface area contributed by atoms with E-state index in [2.05, 4.69) is 11.9 Å². The van der Waals surface area contributed by atoms with Crippen molar-refractivity contribution in [3.05, 3.63) is 42.5 Å². The predicted octanol–water partition coefficient (Wildman–Crippen LogP) is 3.29. The molecule has 0 aliphatic carbocycles. The van der Waals surface area contributed by atoms with Crippen LogP contribution in [-0.4, -0.2) is 42.0 Å². The van der Waals surface area contributed by atoms with Gasteiger partial charge in [0, 0.05) is 6.54 Å². The Morgan fingerprint density at radius 1 is 1.22 bits per heavy atom. The fraction of sp³-hybridized carbons (Fsp3) is 0.571. The Morgan fingerprint density at radius 3 is 2.22 bits per heavy atom. The third-order valence-electron chi connectivity index (χ3n) is 4.50. The quantitative estimate of drug-likeness (QED) is 0.541. The molecule has 1 aromatic rings. The number of alkyl carbamates (subject to hydrolysis) is 1. The normalized spacial score (nSPS) is 15.4. The molecule has 0 aliphatic rings. The number of carbonyl (C=O) groups is 1. The van der Waals surface area contributed by atoms with Crippen LogP contribution in [0.4, 0.5) is 4.79 Å². The van der Waals surface area contributed by atoms with E-state index in [1.165, 1.54) is 0 Å². The van der Waals surface area contributed by atoms with Gasteiger partial charge >= 0.3 is 13.6 Å². The van der Waals surface area contributed by atoms with E-state index in [0.29, 0.717) is 6.54 Å². The molecule has 1 amide bonds. The molecular weight excluding hydrogens is 341 g/mol. The highest BCUT2D eigenvalue weighted by molar-refractivity contribution is 6.47. The van der Waals surface area contributed by atoms with E-state index in [1.807, 2.05) is 52.0 Å². The van der Waals surface area contributed by atoms with E-state index in [0.717, 1.165) is 11.0 Å². The average molecular weight is 374 g/mol. The first-order chi connectivity index (χ1) is 12.3. The zero-order valence-corrected chi connectivity index (χ0v) is 17.6. The van der Waals surface area contributed by atoms with E-state index in [9.17, 15) is 9.90 Å². The van der Waals surface area contributed by atoms with Crippen LogP contribution in [-0.2, 0) is 9.39 Å². The van der Waals surface area contributed by atoms with E-state index in [4.69, 9.17) is 9.39 Å². The number of hydrogen-bond donors (Lipinski definition) is 2. The van der Waals surface area contributed by atoms with Crippen molar-refractivity contribution in [2.24, 2.45) is 0 Å². The van der Waals surface area contributed by atoms with Gasteiger partial charge in [-0.3, -0.25) is 0 Å². The second kappa shape index (κ2) is 8.94. The molecule has 1 radical (unpaired) electrons. The van der Waals surface area contributed by atoms with Gasteiger partial charge in [-0.1, -0.05) is 42.7 Å². The molecule has 2 atom stereocenters. The summed E-state index contributed by atoms with van der Waals surface area (Å²) in [5.41, 5.74) is -0.488. The molecule has 0 bridgehead atoms. The second-order valence-electron chi connectivity index (χ2n) is 8.56. The molecule has 0 aromatic heterocycles. The van der Waals surface area contributed by atoms with Gasteiger partial charge in [-0.25, -0.2) is 4.79 Å². The SMILES string of the molecule is C=CC(C)(O[B]c1ccc(C(C)CNC(=O)OC(C)(C)C)cc1)C(C)(C)O. The van der Waals surface area contributed by atoms with Gasteiger partial charge in [0.05, 0.1) is 11.2 Å². The van der Waals surface area contributed by atoms with Crippen LogP contribution in [0.1, 0.15) is 59.9 Å². The Morgan fingerprint density at radius 2 is 1.78 bits per heavy atom. The van der Waals surface area contributed by atoms with Crippen LogP contribution in [0.2, 0.25) is 0 Å². The van der Waals surface area contributed by atoms with E-state index < -0.39 is 22.9 Å². The highest BCUT2D eigenvalue weighted by atomic mass is 16.6. The van der Waals surface area contributed by atoms with Crippen molar-refractivity contribution in [3.63, 3.8) is 0 Å². The maximum Gasteiger partial charge on any atom is 0.407 e. The average Bonchev–Trinajstić information content (AvgIpc) is 2.55. The summed E-state index contributed by atoms with van der Waals surface area (Å²) in [5.74, 6) is 0.141. The zero-order valence-electron chi connectivity index (χ0n) is 17.6. The fourth-order valence-corrected chi connectivity index (χ4v) is 2.20. The molecule has 1 rings (SSSR count). The van der Waals surface area contributed by atoms with Gasteiger partial charge in [0.1, 0.15) is 5.60 Å². The lowest BCUT2D eigenvalue weighted by Gasteiger charge is -2.38. The molecule has 27 heavy (non-hydrogen) atoms. The number of benzene rings is 1. The smallest absolute Gasteiger partial charge is 0.407 e. The highest BCUT2D eigenvalue weighted by Gasteiger charge is 2.37. The number of carbonyl (C=O) groups excluding carboxylic acids is 1. The van der Waals surface area contributed by atoms with Crippen LogP contribution in [0.15, 0.2) is 36.9 Å². The Labute approximate surface area is 164 Å². The summed E-state index contributed by atoms with van der Waals surface area (Å²) < 4.78 is 11.0. The monoisotopic (exact) mass is 374 g/mol. The molecule has 1 aromatic carbocycles. The Kier molecular flexibility index (Phi) is 7.70. The summed E-state index contributed by atoms with van der Waals surface area (Å²) in [4.78, 5) is 11.8. The molecule has 0 aliphatic heterocycles. The minimum atomic E-state index is -1.06. The van der Waals surface area contributed by atoms with Crippen molar-refractivity contribution in [2.45, 2.75) is 71.2 Å². The molecule has 2 unspecified atom stereocenters. The first kappa shape index (κ1) is 23.3. The van der Waals surface area contributed by atoms with Crippen molar-refractivity contribution in [3.8, 4) is 0 Å². The first-order valence-corrected chi connectivity index (χ1v) is 9.21. The fourth-order valence-electron chi connectivity index (χ4n) is 2.20. The number of nitrogens with one attached hydrogen (secondary N) is 1. The van der Waals surface area contributed by atoms with Crippen molar-refractivity contribution < 1.29 is 19.3 Å². The van der Waals surface area contributed by atoms with Crippen LogP contribution >= 0.6 is 0 Å². The van der Waals surface area contributed by atoms with Gasteiger partial charge in [-0.2, -0.15) is 0 Å². The number of rotatable bonds is 8. The molecular formula is C21H33BNO4. The molecule has 0 saturated carbocycles. The Hall–Kier alpha value is -1.79. The molecule has 0 spiro atoms. The summed E-state index contributed by atoms with van der Waals surface area (Å²) in [7, 11) is 1.62. The van der Waals surface area contributed by atoms with Gasteiger partial charge in [0.15, 0.2) is 0 Å². The minimum absolute atomic E-state index is 0.141. The van der Waals surface area contributed by atoms with Gasteiger partial charge in [-0.15, -0.1) is 6.58 Å². The van der Waals surface area contributed by atoms with Crippen LogP contribution in [0, 0.1) is 0 Å². The number of hydrogen-bond acceptors (Lipinski definition) is 4. The summed E-state index contributed by atoms with van der Waals surface area (Å²) >= 11 is 0. The van der Waals surface area contributed by atoms with Gasteiger partial charge in [0.25, 0.3) is 0 Å². The van der Waals surface area contributed by atoms with Crippen molar-refractivity contribution in [1.82, 2.24) is 5.32 Å². The molecule has 0 fully saturated rings. The third-order valence-corrected chi connectivity index (χ3v) is 4.50. The first-order valence-electron chi connectivity index (χ1n) is 9.21. The van der Waals surface area contributed by atoms with Crippen molar-refractivity contribution in [1.29, 1.82) is 0 Å². The molecule has 0 saturated heterocycles. The molecule has 0 heterocycles. The number of amides is 1. The van der Waals surface area contributed by atoms with Gasteiger partial charge in [0.2, 0.25) is 0 Å². The Bertz CT molecular complexity index is 631. The lowest BCUT2D eigenvalue weighted by Crippen LogP contribution is -2.50. The third kappa shape index (κ3) is 7.39. The largest absolute Gasteiger partial charge is 0.444 e. The maximum atomic E-state index is 11.8. The predicted molar refractivity (Wildman–Crippen MR) is 110 cm³/mol. The summed E-state index contributed by atoms with van der Waals surface area (Å²) in [6.07, 6.45) is 1.19. The summed E-state index contributed by atoms with van der Waals surface area (Å²) in [5, 5.41) is 13.0. The summed E-state index contributed by atoms with van der Waals surface area (Å²) in [6, 6.07) is 7.86. The van der Waals surface area contributed by atoms with Crippen LogP contribution in [0.3, 0.4) is 0 Å². The van der Waals surface area contributed by atoms with E-state index in [1.54, 1.807) is 34.3 Å². The lowest BCUT2D eigenvalue weighted by molar-refractivity contribution is -0.0706. The lowest BCUT2D eigenvalue weighted by atomic mass is 9.81. The van der Waals surface area contributed by atoms with Crippen LogP contribution in [0.5, 0.6) is 0 Å². The van der Waals surface area contributed by atoms with Gasteiger partial charge < -0.3 is 19.8 Å². The number of ether oxygens (including phenoxy) is 1. The summed E-state index contributed by atoms with van der Waals surface area (Å²) in [6.45, 7) is 16.9. The maximum absolute atomic E-state index is 11.8. The minimum Gasteiger partial charge on any atom is -0.444 e. The van der Waals surface area contributed by atoms with Crippen molar-refractivity contribution in [2.75, 3.05) is 6.54 Å². The zero-order chi connectivity index (χ0) is 20.9. The molecule has 149 valence electrons. The van der Waals surface area contributed by atoms with Gasteiger partial charge in [-0.05, 0) is 53.0 Å². The standard InChI is InChI=1S/C21H33BNO4/c1-9-21(8,20(6,7)25)27-22-17-12-10-16(11-13-17)15(2)14-23-18(24)26-19(3,4)5/h9-13,15,25H,1,14H2,2-8H3,(H,23,24). The van der Waals surface area contributed by atoms with E-state index >= 15 is 0 Å². The molecule has 2 N–H and O–H groups in total. The van der Waals surface area contributed by atoms with Crippen LogP contribution in [0.25, 0.3) is 0 Å². The topological polar surface area (TPSA) is 67.8 Å². The highest BCUT2D eigenvalue weighted by Crippen LogP contribution is 2.26.